The van der Waals surface area contributed by atoms with Crippen molar-refractivity contribution in [3.05, 3.63) is 35.9 Å². The predicted octanol–water partition coefficient (Wildman–Crippen LogP) is 3.43. The zero-order valence-corrected chi connectivity index (χ0v) is 13.3. The summed E-state index contributed by atoms with van der Waals surface area (Å²) in [7, 11) is 0. The molecule has 0 bridgehead atoms. The van der Waals surface area contributed by atoms with Gasteiger partial charge < -0.3 is 10.0 Å². The van der Waals surface area contributed by atoms with Crippen LogP contribution in [0.2, 0.25) is 0 Å². The number of hydrogen-bond donors (Lipinski definition) is 1. The third-order valence-electron chi connectivity index (χ3n) is 4.18. The third-order valence-corrected chi connectivity index (χ3v) is 4.18. The van der Waals surface area contributed by atoms with Crippen LogP contribution in [0.5, 0.6) is 0 Å². The lowest BCUT2D eigenvalue weighted by Gasteiger charge is -2.27. The van der Waals surface area contributed by atoms with E-state index in [1.165, 1.54) is 36.1 Å². The minimum absolute atomic E-state index is 0.0420. The number of carboxylic acid groups (broad SMARTS) is 1. The minimum Gasteiger partial charge on any atom is -0.481 e. The molecule has 1 fully saturated rings. The highest BCUT2D eigenvalue weighted by Gasteiger charge is 2.44. The highest BCUT2D eigenvalue weighted by atomic mass is 19.4. The summed E-state index contributed by atoms with van der Waals surface area (Å²) in [5.41, 5.74) is 0.0420. The Morgan fingerprint density at radius 1 is 1.25 bits per heavy atom. The van der Waals surface area contributed by atoms with E-state index in [1.807, 2.05) is 0 Å². The number of carbonyl (C=O) groups excluding carboxylic acids is 1. The van der Waals surface area contributed by atoms with Crippen LogP contribution < -0.4 is 0 Å². The van der Waals surface area contributed by atoms with E-state index in [-0.39, 0.29) is 18.2 Å². The molecule has 1 aromatic carbocycles. The van der Waals surface area contributed by atoms with Crippen molar-refractivity contribution in [2.75, 3.05) is 6.54 Å². The zero-order chi connectivity index (χ0) is 17.9. The Balaban J connectivity index is 2.15. The summed E-state index contributed by atoms with van der Waals surface area (Å²) in [5.74, 6) is -4.40. The van der Waals surface area contributed by atoms with Crippen LogP contribution in [0.1, 0.15) is 37.7 Å². The summed E-state index contributed by atoms with van der Waals surface area (Å²) in [6.07, 6.45) is -3.82. The normalized spacial score (nSPS) is 17.2. The maximum Gasteiger partial charge on any atom is 0.396 e. The Morgan fingerprint density at radius 2 is 1.83 bits per heavy atom. The van der Waals surface area contributed by atoms with Gasteiger partial charge in [-0.2, -0.15) is 13.2 Å². The van der Waals surface area contributed by atoms with Crippen LogP contribution in [0, 0.1) is 5.92 Å². The van der Waals surface area contributed by atoms with Crippen molar-refractivity contribution in [3.63, 3.8) is 0 Å². The van der Waals surface area contributed by atoms with Gasteiger partial charge in [0, 0.05) is 19.0 Å². The number of aliphatic carboxylic acids is 1. The first-order chi connectivity index (χ1) is 11.2. The molecule has 0 aromatic heterocycles. The zero-order valence-electron chi connectivity index (χ0n) is 13.3. The molecule has 132 valence electrons. The molecule has 2 atom stereocenters. The van der Waals surface area contributed by atoms with Gasteiger partial charge in [0.2, 0.25) is 5.91 Å². The Kier molecular flexibility index (Phi) is 5.51. The van der Waals surface area contributed by atoms with Crippen molar-refractivity contribution in [1.29, 1.82) is 0 Å². The summed E-state index contributed by atoms with van der Waals surface area (Å²) in [6, 6.07) is 7.19. The van der Waals surface area contributed by atoms with Crippen molar-refractivity contribution in [2.24, 2.45) is 5.92 Å². The largest absolute Gasteiger partial charge is 0.481 e. The maximum atomic E-state index is 13.4. The summed E-state index contributed by atoms with van der Waals surface area (Å²) in [5, 5.41) is 8.99. The van der Waals surface area contributed by atoms with E-state index in [4.69, 9.17) is 5.11 Å². The van der Waals surface area contributed by atoms with Crippen LogP contribution in [0.3, 0.4) is 0 Å². The van der Waals surface area contributed by atoms with Gasteiger partial charge in [0.15, 0.2) is 0 Å². The lowest BCUT2D eigenvalue weighted by molar-refractivity contribution is -0.161. The Hall–Kier alpha value is -2.05. The van der Waals surface area contributed by atoms with Crippen molar-refractivity contribution in [1.82, 2.24) is 4.90 Å². The molecule has 0 saturated heterocycles. The van der Waals surface area contributed by atoms with Crippen molar-refractivity contribution in [3.8, 4) is 0 Å². The number of benzene rings is 1. The van der Waals surface area contributed by atoms with E-state index in [0.29, 0.717) is 12.8 Å². The molecule has 1 aromatic rings. The standard InChI is InChI=1S/C17H20F3NO3/c1-11(16(23)24)10-21(13-7-8-13)15(22)9-14(17(18,19)20)12-5-3-2-4-6-12/h2-6,11,13-14H,7-10H2,1H3,(H,23,24). The highest BCUT2D eigenvalue weighted by molar-refractivity contribution is 5.79. The first kappa shape index (κ1) is 18.3. The van der Waals surface area contributed by atoms with Gasteiger partial charge in [0.25, 0.3) is 0 Å². The Labute approximate surface area is 138 Å². The fourth-order valence-electron chi connectivity index (χ4n) is 2.61. The quantitative estimate of drug-likeness (QED) is 0.825. The smallest absolute Gasteiger partial charge is 0.396 e. The van der Waals surface area contributed by atoms with Crippen molar-refractivity contribution in [2.45, 2.75) is 44.3 Å². The second-order valence-electron chi connectivity index (χ2n) is 6.23. The summed E-state index contributed by atoms with van der Waals surface area (Å²) in [6.45, 7) is 1.39. The van der Waals surface area contributed by atoms with Crippen LogP contribution in [0.4, 0.5) is 13.2 Å². The number of amides is 1. The number of hydrogen-bond acceptors (Lipinski definition) is 2. The Morgan fingerprint density at radius 3 is 2.29 bits per heavy atom. The summed E-state index contributed by atoms with van der Waals surface area (Å²) < 4.78 is 40.1. The van der Waals surface area contributed by atoms with Gasteiger partial charge in [0.1, 0.15) is 0 Å². The van der Waals surface area contributed by atoms with Crippen LogP contribution in [-0.2, 0) is 9.59 Å². The lowest BCUT2D eigenvalue weighted by Crippen LogP contribution is -2.40. The molecule has 1 aliphatic carbocycles. The SMILES string of the molecule is CC(CN(C(=O)CC(c1ccccc1)C(F)(F)F)C1CC1)C(=O)O. The first-order valence-corrected chi connectivity index (χ1v) is 7.84. The first-order valence-electron chi connectivity index (χ1n) is 7.84. The molecule has 1 amide bonds. The number of nitrogens with zero attached hydrogens (tertiary/aromatic N) is 1. The molecule has 0 aliphatic heterocycles. The van der Waals surface area contributed by atoms with Gasteiger partial charge in [-0.25, -0.2) is 0 Å². The maximum absolute atomic E-state index is 13.4. The van der Waals surface area contributed by atoms with Gasteiger partial charge in [0.05, 0.1) is 11.8 Å². The predicted molar refractivity (Wildman–Crippen MR) is 81.4 cm³/mol. The number of halogens is 3. The average molecular weight is 343 g/mol. The van der Waals surface area contributed by atoms with Gasteiger partial charge in [-0.3, -0.25) is 9.59 Å². The average Bonchev–Trinajstić information content (AvgIpc) is 3.34. The fraction of sp³-hybridized carbons (Fsp3) is 0.529. The van der Waals surface area contributed by atoms with E-state index in [2.05, 4.69) is 0 Å². The molecule has 0 radical (unpaired) electrons. The molecule has 0 heterocycles. The molecule has 1 aliphatic rings. The minimum atomic E-state index is -4.54. The Bertz CT molecular complexity index is 584. The van der Waals surface area contributed by atoms with E-state index in [0.717, 1.165) is 0 Å². The van der Waals surface area contributed by atoms with Gasteiger partial charge >= 0.3 is 12.1 Å². The van der Waals surface area contributed by atoms with E-state index in [9.17, 15) is 22.8 Å². The third kappa shape index (κ3) is 4.72. The van der Waals surface area contributed by atoms with Gasteiger partial charge in [-0.15, -0.1) is 0 Å². The van der Waals surface area contributed by atoms with Gasteiger partial charge in [-0.05, 0) is 18.4 Å². The van der Waals surface area contributed by atoms with E-state index in [1.54, 1.807) is 6.07 Å². The molecular formula is C17H20F3NO3. The molecular weight excluding hydrogens is 323 g/mol. The van der Waals surface area contributed by atoms with Gasteiger partial charge in [-0.1, -0.05) is 37.3 Å². The van der Waals surface area contributed by atoms with E-state index < -0.39 is 36.3 Å². The molecule has 2 unspecified atom stereocenters. The lowest BCUT2D eigenvalue weighted by atomic mass is 9.94. The van der Waals surface area contributed by atoms with Crippen LogP contribution in [0.15, 0.2) is 30.3 Å². The molecule has 0 spiro atoms. The number of carbonyl (C=O) groups is 2. The molecule has 1 saturated carbocycles. The molecule has 1 N–H and O–H groups in total. The summed E-state index contributed by atoms with van der Waals surface area (Å²) >= 11 is 0. The van der Waals surface area contributed by atoms with Crippen molar-refractivity contribution >= 4 is 11.9 Å². The number of carboxylic acids is 1. The second kappa shape index (κ2) is 7.23. The molecule has 2 rings (SSSR count). The topological polar surface area (TPSA) is 57.6 Å². The second-order valence-corrected chi connectivity index (χ2v) is 6.23. The monoisotopic (exact) mass is 343 g/mol. The highest BCUT2D eigenvalue weighted by Crippen LogP contribution is 2.39. The number of rotatable bonds is 7. The molecule has 4 nitrogen and oxygen atoms in total. The number of alkyl halides is 3. The van der Waals surface area contributed by atoms with Crippen LogP contribution >= 0.6 is 0 Å². The van der Waals surface area contributed by atoms with Crippen LogP contribution in [0.25, 0.3) is 0 Å². The van der Waals surface area contributed by atoms with Crippen LogP contribution in [-0.4, -0.2) is 40.6 Å². The van der Waals surface area contributed by atoms with Crippen molar-refractivity contribution < 1.29 is 27.9 Å². The van der Waals surface area contributed by atoms with E-state index >= 15 is 0 Å². The summed E-state index contributed by atoms with van der Waals surface area (Å²) in [4.78, 5) is 24.7. The fourth-order valence-corrected chi connectivity index (χ4v) is 2.61. The molecule has 7 heteroatoms. The molecule has 24 heavy (non-hydrogen) atoms.